The molecule has 9 heteroatoms. The van der Waals surface area contributed by atoms with Gasteiger partial charge < -0.3 is 9.84 Å². The molecule has 0 spiro atoms. The molecule has 118 valence electrons. The fourth-order valence-corrected chi connectivity index (χ4v) is 3.37. The van der Waals surface area contributed by atoms with Crippen LogP contribution in [0.15, 0.2) is 17.3 Å². The van der Waals surface area contributed by atoms with Gasteiger partial charge in [0.2, 0.25) is 10.0 Å². The smallest absolute Gasteiger partial charge is 0.322 e. The second-order valence-corrected chi connectivity index (χ2v) is 7.07. The SMILES string of the molecule is CC(C)[C@H](NS(=O)(=O)c1cnn(C2CCOC2)c1)C(=O)O. The molecule has 0 bridgehead atoms. The summed E-state index contributed by atoms with van der Waals surface area (Å²) in [6.07, 6.45) is 3.40. The average Bonchev–Trinajstić information content (AvgIpc) is 3.05. The van der Waals surface area contributed by atoms with E-state index in [1.165, 1.54) is 12.4 Å². The Morgan fingerprint density at radius 3 is 2.81 bits per heavy atom. The van der Waals surface area contributed by atoms with Gasteiger partial charge in [0.15, 0.2) is 0 Å². The van der Waals surface area contributed by atoms with E-state index in [2.05, 4.69) is 9.82 Å². The summed E-state index contributed by atoms with van der Waals surface area (Å²) in [6.45, 7) is 4.40. The van der Waals surface area contributed by atoms with Crippen molar-refractivity contribution in [3.63, 3.8) is 0 Å². The molecule has 1 fully saturated rings. The Labute approximate surface area is 123 Å². The van der Waals surface area contributed by atoms with E-state index in [1.54, 1.807) is 18.5 Å². The van der Waals surface area contributed by atoms with E-state index < -0.39 is 22.0 Å². The van der Waals surface area contributed by atoms with Crippen molar-refractivity contribution >= 4 is 16.0 Å². The van der Waals surface area contributed by atoms with E-state index >= 15 is 0 Å². The van der Waals surface area contributed by atoms with E-state index in [9.17, 15) is 13.2 Å². The largest absolute Gasteiger partial charge is 0.480 e. The minimum Gasteiger partial charge on any atom is -0.480 e. The van der Waals surface area contributed by atoms with E-state index in [1.807, 2.05) is 0 Å². The summed E-state index contributed by atoms with van der Waals surface area (Å²) < 4.78 is 33.4. The summed E-state index contributed by atoms with van der Waals surface area (Å²) in [5, 5.41) is 13.1. The summed E-state index contributed by atoms with van der Waals surface area (Å²) in [4.78, 5) is 11.1. The lowest BCUT2D eigenvalue weighted by molar-refractivity contribution is -0.140. The van der Waals surface area contributed by atoms with Crippen LogP contribution in [-0.4, -0.2) is 48.5 Å². The Morgan fingerprint density at radius 1 is 1.57 bits per heavy atom. The van der Waals surface area contributed by atoms with Gasteiger partial charge in [-0.3, -0.25) is 9.48 Å². The number of sulfonamides is 1. The van der Waals surface area contributed by atoms with Crippen molar-refractivity contribution in [3.05, 3.63) is 12.4 Å². The van der Waals surface area contributed by atoms with Crippen LogP contribution >= 0.6 is 0 Å². The number of aliphatic carboxylic acids is 1. The van der Waals surface area contributed by atoms with Crippen LogP contribution < -0.4 is 4.72 Å². The Morgan fingerprint density at radius 2 is 2.29 bits per heavy atom. The lowest BCUT2D eigenvalue weighted by Crippen LogP contribution is -2.44. The Bertz CT molecular complexity index is 604. The minimum atomic E-state index is -3.91. The summed E-state index contributed by atoms with van der Waals surface area (Å²) in [6, 6.07) is -1.15. The van der Waals surface area contributed by atoms with E-state index in [0.717, 1.165) is 6.42 Å². The number of carboxylic acids is 1. The summed E-state index contributed by atoms with van der Waals surface area (Å²) >= 11 is 0. The molecular weight excluding hydrogens is 298 g/mol. The summed E-state index contributed by atoms with van der Waals surface area (Å²) in [5.41, 5.74) is 0. The number of ether oxygens (including phenoxy) is 1. The van der Waals surface area contributed by atoms with Crippen molar-refractivity contribution in [2.24, 2.45) is 5.92 Å². The van der Waals surface area contributed by atoms with Gasteiger partial charge in [-0.2, -0.15) is 9.82 Å². The van der Waals surface area contributed by atoms with Crippen LogP contribution in [0.3, 0.4) is 0 Å². The van der Waals surface area contributed by atoms with Crippen LogP contribution in [0.25, 0.3) is 0 Å². The summed E-state index contributed by atoms with van der Waals surface area (Å²) in [5.74, 6) is -1.57. The van der Waals surface area contributed by atoms with E-state index in [0.29, 0.717) is 13.2 Å². The fourth-order valence-electron chi connectivity index (χ4n) is 2.10. The number of nitrogens with zero attached hydrogens (tertiary/aromatic N) is 2. The van der Waals surface area contributed by atoms with Crippen LogP contribution in [0.1, 0.15) is 26.3 Å². The molecule has 2 atom stereocenters. The van der Waals surface area contributed by atoms with Gasteiger partial charge in [0.1, 0.15) is 10.9 Å². The highest BCUT2D eigenvalue weighted by Gasteiger charge is 2.29. The zero-order valence-corrected chi connectivity index (χ0v) is 12.7. The molecular formula is C12H19N3O5S. The standard InChI is InChI=1S/C12H19N3O5S/c1-8(2)11(12(16)17)14-21(18,19)10-5-13-15(6-10)9-3-4-20-7-9/h5-6,8-9,11,14H,3-4,7H2,1-2H3,(H,16,17)/t9?,11-/m0/s1. The number of hydrogen-bond donors (Lipinski definition) is 2. The Kier molecular flexibility index (Phi) is 4.64. The molecule has 0 saturated carbocycles. The molecule has 2 N–H and O–H groups in total. The highest BCUT2D eigenvalue weighted by Crippen LogP contribution is 2.20. The normalized spacial score (nSPS) is 20.8. The quantitative estimate of drug-likeness (QED) is 0.777. The molecule has 1 aliphatic rings. The maximum absolute atomic E-state index is 12.2. The highest BCUT2D eigenvalue weighted by atomic mass is 32.2. The van der Waals surface area contributed by atoms with E-state index in [4.69, 9.17) is 9.84 Å². The average molecular weight is 317 g/mol. The highest BCUT2D eigenvalue weighted by molar-refractivity contribution is 7.89. The van der Waals surface area contributed by atoms with Gasteiger partial charge in [0.25, 0.3) is 0 Å². The third-order valence-corrected chi connectivity index (χ3v) is 4.78. The van der Waals surface area contributed by atoms with Crippen LogP contribution in [0, 0.1) is 5.92 Å². The second-order valence-electron chi connectivity index (χ2n) is 5.35. The first kappa shape index (κ1) is 15.9. The molecule has 1 saturated heterocycles. The van der Waals surface area contributed by atoms with Crippen LogP contribution in [0.5, 0.6) is 0 Å². The molecule has 8 nitrogen and oxygen atoms in total. The van der Waals surface area contributed by atoms with Crippen molar-refractivity contribution in [1.29, 1.82) is 0 Å². The maximum atomic E-state index is 12.2. The number of hydrogen-bond acceptors (Lipinski definition) is 5. The predicted molar refractivity (Wildman–Crippen MR) is 73.3 cm³/mol. The molecule has 0 radical (unpaired) electrons. The predicted octanol–water partition coefficient (Wildman–Crippen LogP) is 0.232. The van der Waals surface area contributed by atoms with E-state index in [-0.39, 0.29) is 16.9 Å². The molecule has 1 aliphatic heterocycles. The van der Waals surface area contributed by atoms with Crippen molar-refractivity contribution < 1.29 is 23.1 Å². The zero-order valence-electron chi connectivity index (χ0n) is 11.9. The van der Waals surface area contributed by atoms with Crippen molar-refractivity contribution in [2.45, 2.75) is 37.2 Å². The van der Waals surface area contributed by atoms with Gasteiger partial charge in [-0.05, 0) is 12.3 Å². The zero-order chi connectivity index (χ0) is 15.6. The van der Waals surface area contributed by atoms with Gasteiger partial charge in [0, 0.05) is 12.8 Å². The van der Waals surface area contributed by atoms with Gasteiger partial charge in [-0.25, -0.2) is 8.42 Å². The van der Waals surface area contributed by atoms with Crippen LogP contribution in [-0.2, 0) is 19.6 Å². The third-order valence-electron chi connectivity index (χ3n) is 3.38. The number of aromatic nitrogens is 2. The fraction of sp³-hybridized carbons (Fsp3) is 0.667. The molecule has 1 unspecified atom stereocenters. The number of nitrogens with one attached hydrogen (secondary N) is 1. The van der Waals surface area contributed by atoms with Crippen molar-refractivity contribution in [1.82, 2.24) is 14.5 Å². The lowest BCUT2D eigenvalue weighted by Gasteiger charge is -2.17. The topological polar surface area (TPSA) is 111 Å². The Balaban J connectivity index is 2.17. The number of carbonyl (C=O) groups is 1. The van der Waals surface area contributed by atoms with Crippen LogP contribution in [0.4, 0.5) is 0 Å². The second kappa shape index (κ2) is 6.12. The first-order valence-corrected chi connectivity index (χ1v) is 8.16. The number of rotatable bonds is 6. The molecule has 2 heterocycles. The van der Waals surface area contributed by atoms with Gasteiger partial charge in [0.05, 0.1) is 18.8 Å². The summed E-state index contributed by atoms with van der Waals surface area (Å²) in [7, 11) is -3.91. The van der Waals surface area contributed by atoms with Gasteiger partial charge in [-0.15, -0.1) is 0 Å². The molecule has 0 amide bonds. The molecule has 1 aromatic rings. The Hall–Kier alpha value is -1.45. The van der Waals surface area contributed by atoms with Crippen molar-refractivity contribution in [3.8, 4) is 0 Å². The molecule has 0 aliphatic carbocycles. The monoisotopic (exact) mass is 317 g/mol. The first-order valence-electron chi connectivity index (χ1n) is 6.68. The third kappa shape index (κ3) is 3.60. The lowest BCUT2D eigenvalue weighted by atomic mass is 10.1. The van der Waals surface area contributed by atoms with Crippen LogP contribution in [0.2, 0.25) is 0 Å². The maximum Gasteiger partial charge on any atom is 0.322 e. The number of carboxylic acid groups (broad SMARTS) is 1. The molecule has 21 heavy (non-hydrogen) atoms. The molecule has 0 aromatic carbocycles. The van der Waals surface area contributed by atoms with Crippen molar-refractivity contribution in [2.75, 3.05) is 13.2 Å². The molecule has 2 rings (SSSR count). The van der Waals surface area contributed by atoms with Gasteiger partial charge in [-0.1, -0.05) is 13.8 Å². The molecule has 1 aromatic heterocycles. The van der Waals surface area contributed by atoms with Gasteiger partial charge >= 0.3 is 5.97 Å². The minimum absolute atomic E-state index is 0.0225. The first-order chi connectivity index (χ1) is 9.81.